The number of carbonyl (C=O) groups excluding carboxylic acids is 1. The van der Waals surface area contributed by atoms with Gasteiger partial charge in [-0.1, -0.05) is 42.5 Å². The van der Waals surface area contributed by atoms with Crippen LogP contribution in [0.15, 0.2) is 54.6 Å². The van der Waals surface area contributed by atoms with Crippen molar-refractivity contribution in [2.75, 3.05) is 13.2 Å². The second-order valence-corrected chi connectivity index (χ2v) is 5.94. The van der Waals surface area contributed by atoms with Gasteiger partial charge in [-0.25, -0.2) is 0 Å². The zero-order valence-corrected chi connectivity index (χ0v) is 13.1. The average Bonchev–Trinajstić information content (AvgIpc) is 3.05. The van der Waals surface area contributed by atoms with Crippen molar-refractivity contribution in [3.8, 4) is 0 Å². The van der Waals surface area contributed by atoms with Gasteiger partial charge in [0.05, 0.1) is 6.10 Å². The van der Waals surface area contributed by atoms with E-state index in [1.807, 2.05) is 18.2 Å². The molecular formula is C19H22N2O2. The normalized spacial score (nSPS) is 20.5. The molecule has 3 N–H and O–H groups in total. The molecule has 2 aromatic rings. The number of benzene rings is 2. The van der Waals surface area contributed by atoms with Crippen LogP contribution in [0.25, 0.3) is 0 Å². The summed E-state index contributed by atoms with van der Waals surface area (Å²) in [6.45, 7) is 2.51. The summed E-state index contributed by atoms with van der Waals surface area (Å²) in [5.41, 5.74) is 8.19. The van der Waals surface area contributed by atoms with Gasteiger partial charge in [-0.3, -0.25) is 4.79 Å². The maximum atomic E-state index is 11.1. The van der Waals surface area contributed by atoms with E-state index < -0.39 is 5.91 Å². The molecular weight excluding hydrogens is 288 g/mol. The lowest BCUT2D eigenvalue weighted by atomic mass is 9.95. The molecule has 2 aromatic carbocycles. The highest BCUT2D eigenvalue weighted by atomic mass is 16.5. The standard InChI is InChI=1S/C19H22N2O2/c20-19(22)16-8-6-14(7-9-16)12-21-13-17-10-11-23-18(17)15-4-2-1-3-5-15/h1-9,17-18,21H,10-13H2,(H2,20,22)/t17-,18-/m1/s1. The van der Waals surface area contributed by atoms with Crippen molar-refractivity contribution >= 4 is 5.91 Å². The molecule has 4 nitrogen and oxygen atoms in total. The number of nitrogens with one attached hydrogen (secondary N) is 1. The Bertz CT molecular complexity index is 640. The van der Waals surface area contributed by atoms with Gasteiger partial charge >= 0.3 is 0 Å². The predicted molar refractivity (Wildman–Crippen MR) is 89.9 cm³/mol. The van der Waals surface area contributed by atoms with Crippen molar-refractivity contribution in [1.29, 1.82) is 0 Å². The van der Waals surface area contributed by atoms with Crippen molar-refractivity contribution in [2.24, 2.45) is 11.7 Å². The van der Waals surface area contributed by atoms with Crippen LogP contribution in [0.4, 0.5) is 0 Å². The number of hydrogen-bond donors (Lipinski definition) is 2. The number of ether oxygens (including phenoxy) is 1. The minimum absolute atomic E-state index is 0.181. The lowest BCUT2D eigenvalue weighted by Crippen LogP contribution is -2.24. The van der Waals surface area contributed by atoms with Crippen LogP contribution in [-0.2, 0) is 11.3 Å². The van der Waals surface area contributed by atoms with Crippen molar-refractivity contribution < 1.29 is 9.53 Å². The Morgan fingerprint density at radius 2 is 1.87 bits per heavy atom. The zero-order chi connectivity index (χ0) is 16.1. The Balaban J connectivity index is 1.52. The zero-order valence-electron chi connectivity index (χ0n) is 13.1. The van der Waals surface area contributed by atoms with E-state index in [9.17, 15) is 4.79 Å². The van der Waals surface area contributed by atoms with Gasteiger partial charge in [0.25, 0.3) is 0 Å². The average molecular weight is 310 g/mol. The fraction of sp³-hybridized carbons (Fsp3) is 0.316. The maximum absolute atomic E-state index is 11.1. The smallest absolute Gasteiger partial charge is 0.248 e. The maximum Gasteiger partial charge on any atom is 0.248 e. The Morgan fingerprint density at radius 3 is 2.57 bits per heavy atom. The number of primary amides is 1. The molecule has 0 aliphatic carbocycles. The molecule has 0 unspecified atom stereocenters. The first kappa shape index (κ1) is 15.7. The fourth-order valence-corrected chi connectivity index (χ4v) is 3.04. The van der Waals surface area contributed by atoms with E-state index in [-0.39, 0.29) is 6.10 Å². The molecule has 3 rings (SSSR count). The van der Waals surface area contributed by atoms with Crippen LogP contribution in [0.1, 0.15) is 34.0 Å². The fourth-order valence-electron chi connectivity index (χ4n) is 3.04. The number of amides is 1. The molecule has 1 heterocycles. The van der Waals surface area contributed by atoms with Gasteiger partial charge < -0.3 is 15.8 Å². The summed E-state index contributed by atoms with van der Waals surface area (Å²) in [7, 11) is 0. The summed E-state index contributed by atoms with van der Waals surface area (Å²) in [6, 6.07) is 17.8. The lowest BCUT2D eigenvalue weighted by Gasteiger charge is -2.19. The molecule has 0 bridgehead atoms. The largest absolute Gasteiger partial charge is 0.373 e. The Morgan fingerprint density at radius 1 is 1.13 bits per heavy atom. The second-order valence-electron chi connectivity index (χ2n) is 5.94. The van der Waals surface area contributed by atoms with Crippen LogP contribution in [0.2, 0.25) is 0 Å². The van der Waals surface area contributed by atoms with Gasteiger partial charge in [-0.05, 0) is 29.7 Å². The summed E-state index contributed by atoms with van der Waals surface area (Å²) in [6.07, 6.45) is 1.26. The van der Waals surface area contributed by atoms with E-state index in [0.29, 0.717) is 11.5 Å². The highest BCUT2D eigenvalue weighted by Crippen LogP contribution is 2.33. The summed E-state index contributed by atoms with van der Waals surface area (Å²) in [5.74, 6) is 0.0978. The molecule has 0 spiro atoms. The molecule has 1 saturated heterocycles. The molecule has 4 heteroatoms. The quantitative estimate of drug-likeness (QED) is 0.862. The molecule has 120 valence electrons. The van der Waals surface area contributed by atoms with Gasteiger partial charge in [-0.15, -0.1) is 0 Å². The first-order chi connectivity index (χ1) is 11.2. The van der Waals surface area contributed by atoms with Crippen molar-refractivity contribution in [3.63, 3.8) is 0 Å². The van der Waals surface area contributed by atoms with Crippen LogP contribution in [0.3, 0.4) is 0 Å². The van der Waals surface area contributed by atoms with Crippen molar-refractivity contribution in [3.05, 3.63) is 71.3 Å². The van der Waals surface area contributed by atoms with E-state index in [1.54, 1.807) is 12.1 Å². The molecule has 1 aliphatic heterocycles. The third kappa shape index (κ3) is 3.97. The molecule has 0 saturated carbocycles. The number of hydrogen-bond acceptors (Lipinski definition) is 3. The van der Waals surface area contributed by atoms with E-state index in [2.05, 4.69) is 29.6 Å². The minimum atomic E-state index is -0.390. The highest BCUT2D eigenvalue weighted by molar-refractivity contribution is 5.92. The van der Waals surface area contributed by atoms with Gasteiger partial charge in [0.2, 0.25) is 5.91 Å². The number of rotatable bonds is 6. The Hall–Kier alpha value is -2.17. The molecule has 0 radical (unpaired) electrons. The summed E-state index contributed by atoms with van der Waals surface area (Å²) < 4.78 is 5.91. The predicted octanol–water partition coefficient (Wildman–Crippen LogP) is 2.65. The first-order valence-electron chi connectivity index (χ1n) is 8.00. The van der Waals surface area contributed by atoms with Crippen LogP contribution in [0.5, 0.6) is 0 Å². The van der Waals surface area contributed by atoms with Crippen LogP contribution in [-0.4, -0.2) is 19.1 Å². The minimum Gasteiger partial charge on any atom is -0.373 e. The molecule has 23 heavy (non-hydrogen) atoms. The van der Waals surface area contributed by atoms with Gasteiger partial charge in [0, 0.05) is 31.2 Å². The molecule has 1 amide bonds. The summed E-state index contributed by atoms with van der Waals surface area (Å²) in [5, 5.41) is 3.50. The van der Waals surface area contributed by atoms with E-state index in [0.717, 1.165) is 31.7 Å². The first-order valence-corrected chi connectivity index (χ1v) is 8.00. The third-order valence-corrected chi connectivity index (χ3v) is 4.32. The number of carbonyl (C=O) groups is 1. The number of nitrogens with two attached hydrogens (primary N) is 1. The summed E-state index contributed by atoms with van der Waals surface area (Å²) in [4.78, 5) is 11.1. The molecule has 0 aromatic heterocycles. The molecule has 1 aliphatic rings. The summed E-state index contributed by atoms with van der Waals surface area (Å²) >= 11 is 0. The highest BCUT2D eigenvalue weighted by Gasteiger charge is 2.28. The lowest BCUT2D eigenvalue weighted by molar-refractivity contribution is 0.0904. The second kappa shape index (κ2) is 7.40. The van der Waals surface area contributed by atoms with Gasteiger partial charge in [-0.2, -0.15) is 0 Å². The third-order valence-electron chi connectivity index (χ3n) is 4.32. The van der Waals surface area contributed by atoms with Crippen molar-refractivity contribution in [2.45, 2.75) is 19.1 Å². The van der Waals surface area contributed by atoms with Crippen LogP contribution >= 0.6 is 0 Å². The topological polar surface area (TPSA) is 64.4 Å². The SMILES string of the molecule is NC(=O)c1ccc(CNC[C@H]2CCO[C@@H]2c2ccccc2)cc1. The van der Waals surface area contributed by atoms with Crippen LogP contribution < -0.4 is 11.1 Å². The molecule has 1 fully saturated rings. The van der Waals surface area contributed by atoms with Gasteiger partial charge in [0.15, 0.2) is 0 Å². The van der Waals surface area contributed by atoms with Gasteiger partial charge in [0.1, 0.15) is 0 Å². The Kier molecular flexibility index (Phi) is 5.05. The Labute approximate surface area is 136 Å². The molecule has 2 atom stereocenters. The monoisotopic (exact) mass is 310 g/mol. The van der Waals surface area contributed by atoms with Crippen LogP contribution in [0, 0.1) is 5.92 Å². The van der Waals surface area contributed by atoms with Crippen molar-refractivity contribution in [1.82, 2.24) is 5.32 Å². The van der Waals surface area contributed by atoms with E-state index >= 15 is 0 Å². The van der Waals surface area contributed by atoms with E-state index in [4.69, 9.17) is 10.5 Å². The van der Waals surface area contributed by atoms with E-state index in [1.165, 1.54) is 5.56 Å².